The van der Waals surface area contributed by atoms with Crippen molar-refractivity contribution in [3.05, 3.63) is 57.1 Å². The van der Waals surface area contributed by atoms with Crippen LogP contribution < -0.4 is 10.1 Å². The largest absolute Gasteiger partial charge is 0.490 e. The van der Waals surface area contributed by atoms with Gasteiger partial charge in [0, 0.05) is 11.3 Å². The molecule has 2 rings (SSSR count). The topological polar surface area (TPSA) is 38.3 Å². The van der Waals surface area contributed by atoms with Crippen molar-refractivity contribution in [2.24, 2.45) is 0 Å². The normalized spacial score (nSPS) is 10.7. The lowest BCUT2D eigenvalue weighted by atomic mass is 10.1. The molecule has 2 aromatic rings. The molecule has 0 aromatic heterocycles. The number of hydrogen-bond donors (Lipinski definition) is 1. The summed E-state index contributed by atoms with van der Waals surface area (Å²) in [6.45, 7) is 6.66. The Morgan fingerprint density at radius 2 is 1.73 bits per heavy atom. The van der Waals surface area contributed by atoms with E-state index in [0.717, 1.165) is 29.7 Å². The summed E-state index contributed by atoms with van der Waals surface area (Å²) in [5.74, 6) is 0.185. The lowest BCUT2D eigenvalue weighted by Crippen LogP contribution is -2.13. The summed E-state index contributed by atoms with van der Waals surface area (Å²) in [6, 6.07) is 9.10. The second-order valence-corrected chi connectivity index (χ2v) is 7.27. The highest BCUT2D eigenvalue weighted by Gasteiger charge is 2.15. The van der Waals surface area contributed by atoms with Gasteiger partial charge in [-0.05, 0) is 49.6 Å². The zero-order chi connectivity index (χ0) is 19.1. The molecule has 0 saturated carbocycles. The fourth-order valence-electron chi connectivity index (χ4n) is 2.60. The number of halogens is 2. The van der Waals surface area contributed by atoms with Crippen molar-refractivity contribution in [3.8, 4) is 5.75 Å². The minimum absolute atomic E-state index is 0.253. The smallest absolute Gasteiger partial charge is 0.255 e. The molecule has 26 heavy (non-hydrogen) atoms. The molecule has 0 aliphatic carbocycles. The third-order valence-corrected chi connectivity index (χ3v) is 4.71. The number of hydrogen-bond acceptors (Lipinski definition) is 2. The first-order chi connectivity index (χ1) is 12.4. The Bertz CT molecular complexity index is 752. The predicted octanol–water partition coefficient (Wildman–Crippen LogP) is 6.82. The van der Waals surface area contributed by atoms with Crippen LogP contribution in [-0.4, -0.2) is 12.5 Å². The molecular formula is C21H25Cl2NO2. The standard InChI is InChI=1S/C21H25Cl2NO2/c1-4-5-6-7-10-26-20-17(22)12-16(13-18(20)23)21(25)24-19-11-14(2)8-9-15(19)3/h8-9,11-13H,4-7,10H2,1-3H3,(H,24,25). The quantitative estimate of drug-likeness (QED) is 0.499. The van der Waals surface area contributed by atoms with E-state index < -0.39 is 0 Å². The Morgan fingerprint density at radius 1 is 1.04 bits per heavy atom. The number of benzene rings is 2. The molecule has 0 atom stereocenters. The fourth-order valence-corrected chi connectivity index (χ4v) is 3.19. The Labute approximate surface area is 165 Å². The first kappa shape index (κ1) is 20.6. The number of carbonyl (C=O) groups is 1. The fraction of sp³-hybridized carbons (Fsp3) is 0.381. The number of amides is 1. The summed E-state index contributed by atoms with van der Waals surface area (Å²) in [6.07, 6.45) is 4.42. The first-order valence-corrected chi connectivity index (χ1v) is 9.68. The summed E-state index contributed by atoms with van der Waals surface area (Å²) in [5.41, 5.74) is 3.25. The highest BCUT2D eigenvalue weighted by Crippen LogP contribution is 2.34. The van der Waals surface area contributed by atoms with Crippen LogP contribution in [0.2, 0.25) is 10.0 Å². The third-order valence-electron chi connectivity index (χ3n) is 4.15. The Hall–Kier alpha value is -1.71. The average molecular weight is 394 g/mol. The Morgan fingerprint density at radius 3 is 2.38 bits per heavy atom. The third kappa shape index (κ3) is 5.65. The van der Waals surface area contributed by atoms with Crippen molar-refractivity contribution >= 4 is 34.8 Å². The van der Waals surface area contributed by atoms with Crippen LogP contribution in [0, 0.1) is 13.8 Å². The maximum atomic E-state index is 12.6. The minimum atomic E-state index is -0.253. The van der Waals surface area contributed by atoms with E-state index in [1.54, 1.807) is 12.1 Å². The lowest BCUT2D eigenvalue weighted by molar-refractivity contribution is 0.102. The van der Waals surface area contributed by atoms with Crippen LogP contribution in [0.4, 0.5) is 5.69 Å². The molecule has 0 unspecified atom stereocenters. The second kappa shape index (κ2) is 9.84. The summed E-state index contributed by atoms with van der Waals surface area (Å²) in [4.78, 5) is 12.6. The van der Waals surface area contributed by atoms with E-state index in [0.29, 0.717) is 28.0 Å². The molecule has 0 fully saturated rings. The monoisotopic (exact) mass is 393 g/mol. The lowest BCUT2D eigenvalue weighted by Gasteiger charge is -2.13. The van der Waals surface area contributed by atoms with Crippen molar-refractivity contribution in [1.82, 2.24) is 0 Å². The van der Waals surface area contributed by atoms with Crippen molar-refractivity contribution in [3.63, 3.8) is 0 Å². The number of ether oxygens (including phenoxy) is 1. The van der Waals surface area contributed by atoms with Crippen LogP contribution in [0.25, 0.3) is 0 Å². The van der Waals surface area contributed by atoms with E-state index in [9.17, 15) is 4.79 Å². The zero-order valence-corrected chi connectivity index (χ0v) is 17.0. The highest BCUT2D eigenvalue weighted by molar-refractivity contribution is 6.37. The molecule has 2 aromatic carbocycles. The van der Waals surface area contributed by atoms with Gasteiger partial charge >= 0.3 is 0 Å². The van der Waals surface area contributed by atoms with Crippen molar-refractivity contribution < 1.29 is 9.53 Å². The number of unbranched alkanes of at least 4 members (excludes halogenated alkanes) is 3. The van der Waals surface area contributed by atoms with E-state index in [-0.39, 0.29) is 5.91 Å². The molecular weight excluding hydrogens is 369 g/mol. The number of aryl methyl sites for hydroxylation is 2. The van der Waals surface area contributed by atoms with Crippen LogP contribution in [0.15, 0.2) is 30.3 Å². The molecule has 140 valence electrons. The molecule has 0 heterocycles. The van der Waals surface area contributed by atoms with Gasteiger partial charge in [0.1, 0.15) is 0 Å². The summed E-state index contributed by atoms with van der Waals surface area (Å²) < 4.78 is 5.71. The van der Waals surface area contributed by atoms with E-state index in [1.165, 1.54) is 12.8 Å². The van der Waals surface area contributed by atoms with Crippen molar-refractivity contribution in [2.75, 3.05) is 11.9 Å². The van der Waals surface area contributed by atoms with Gasteiger partial charge in [-0.1, -0.05) is 61.5 Å². The van der Waals surface area contributed by atoms with Gasteiger partial charge in [0.05, 0.1) is 16.7 Å². The molecule has 3 nitrogen and oxygen atoms in total. The van der Waals surface area contributed by atoms with Gasteiger partial charge in [0.2, 0.25) is 0 Å². The molecule has 0 spiro atoms. The van der Waals surface area contributed by atoms with Gasteiger partial charge in [0.25, 0.3) is 5.91 Å². The van der Waals surface area contributed by atoms with Gasteiger partial charge in [-0.3, -0.25) is 4.79 Å². The minimum Gasteiger partial charge on any atom is -0.490 e. The van der Waals surface area contributed by atoms with Gasteiger partial charge in [-0.15, -0.1) is 0 Å². The highest BCUT2D eigenvalue weighted by atomic mass is 35.5. The maximum Gasteiger partial charge on any atom is 0.255 e. The van der Waals surface area contributed by atoms with E-state index in [2.05, 4.69) is 12.2 Å². The van der Waals surface area contributed by atoms with Crippen molar-refractivity contribution in [2.45, 2.75) is 46.5 Å². The molecule has 1 N–H and O–H groups in total. The summed E-state index contributed by atoms with van der Waals surface area (Å²) >= 11 is 12.6. The Kier molecular flexibility index (Phi) is 7.80. The van der Waals surface area contributed by atoms with Gasteiger partial charge < -0.3 is 10.1 Å². The van der Waals surface area contributed by atoms with Crippen molar-refractivity contribution in [1.29, 1.82) is 0 Å². The second-order valence-electron chi connectivity index (χ2n) is 6.45. The summed E-state index contributed by atoms with van der Waals surface area (Å²) in [7, 11) is 0. The molecule has 0 radical (unpaired) electrons. The van der Waals surface area contributed by atoms with Crippen LogP contribution in [0.5, 0.6) is 5.75 Å². The van der Waals surface area contributed by atoms with E-state index in [1.807, 2.05) is 32.0 Å². The zero-order valence-electron chi connectivity index (χ0n) is 15.5. The molecule has 0 aliphatic heterocycles. The molecule has 0 aliphatic rings. The SMILES string of the molecule is CCCCCCOc1c(Cl)cc(C(=O)Nc2cc(C)ccc2C)cc1Cl. The number of nitrogens with one attached hydrogen (secondary N) is 1. The van der Waals surface area contributed by atoms with E-state index >= 15 is 0 Å². The number of rotatable bonds is 8. The Balaban J connectivity index is 2.08. The molecule has 0 bridgehead atoms. The van der Waals surface area contributed by atoms with Gasteiger partial charge in [-0.25, -0.2) is 0 Å². The van der Waals surface area contributed by atoms with Crippen LogP contribution in [-0.2, 0) is 0 Å². The summed E-state index contributed by atoms with van der Waals surface area (Å²) in [5, 5.41) is 3.60. The molecule has 0 saturated heterocycles. The first-order valence-electron chi connectivity index (χ1n) is 8.92. The number of anilines is 1. The van der Waals surface area contributed by atoms with Crippen LogP contribution >= 0.6 is 23.2 Å². The van der Waals surface area contributed by atoms with Gasteiger partial charge in [0.15, 0.2) is 5.75 Å². The van der Waals surface area contributed by atoms with E-state index in [4.69, 9.17) is 27.9 Å². The maximum absolute atomic E-state index is 12.6. The average Bonchev–Trinajstić information content (AvgIpc) is 2.59. The molecule has 1 amide bonds. The van der Waals surface area contributed by atoms with Gasteiger partial charge in [-0.2, -0.15) is 0 Å². The predicted molar refractivity (Wildman–Crippen MR) is 110 cm³/mol. The number of carbonyl (C=O) groups excluding carboxylic acids is 1. The van der Waals surface area contributed by atoms with Crippen LogP contribution in [0.3, 0.4) is 0 Å². The molecule has 5 heteroatoms. The van der Waals surface area contributed by atoms with Crippen LogP contribution in [0.1, 0.15) is 54.1 Å².